The quantitative estimate of drug-likeness (QED) is 0.689. The van der Waals surface area contributed by atoms with E-state index in [1.807, 2.05) is 48.5 Å². The van der Waals surface area contributed by atoms with Gasteiger partial charge in [0.05, 0.1) is 25.7 Å². The number of halogens is 1. The number of ether oxygens (including phenoxy) is 1. The van der Waals surface area contributed by atoms with Gasteiger partial charge in [-0.2, -0.15) is 0 Å². The molecule has 1 aliphatic rings. The molecular formula is C21H22ClN3O3. The topological polar surface area (TPSA) is 67.6 Å². The standard InChI is InChI=1S/C21H22ClN3O3/c22-16-7-5-15(6-8-16)19(25-9-11-27-12-10-25)14-23-21(26)13-18-17-3-1-2-4-20(17)28-24-18/h1-8,19H,9-14H2,(H,23,26). The molecular weight excluding hydrogens is 378 g/mol. The number of aromatic nitrogens is 1. The summed E-state index contributed by atoms with van der Waals surface area (Å²) in [7, 11) is 0. The van der Waals surface area contributed by atoms with Gasteiger partial charge < -0.3 is 14.6 Å². The highest BCUT2D eigenvalue weighted by atomic mass is 35.5. The molecule has 28 heavy (non-hydrogen) atoms. The fourth-order valence-corrected chi connectivity index (χ4v) is 3.65. The van der Waals surface area contributed by atoms with Crippen LogP contribution in [0.1, 0.15) is 17.3 Å². The first-order valence-corrected chi connectivity index (χ1v) is 9.76. The average molecular weight is 400 g/mol. The lowest BCUT2D eigenvalue weighted by Gasteiger charge is -2.35. The summed E-state index contributed by atoms with van der Waals surface area (Å²) < 4.78 is 10.8. The van der Waals surface area contributed by atoms with Crippen molar-refractivity contribution in [1.82, 2.24) is 15.4 Å². The highest BCUT2D eigenvalue weighted by Gasteiger charge is 2.23. The van der Waals surface area contributed by atoms with Gasteiger partial charge in [-0.05, 0) is 29.8 Å². The summed E-state index contributed by atoms with van der Waals surface area (Å²) in [6, 6.07) is 15.4. The smallest absolute Gasteiger partial charge is 0.226 e. The van der Waals surface area contributed by atoms with Gasteiger partial charge in [0.25, 0.3) is 0 Å². The van der Waals surface area contributed by atoms with Gasteiger partial charge in [0.15, 0.2) is 5.58 Å². The van der Waals surface area contributed by atoms with E-state index in [1.54, 1.807) is 0 Å². The molecule has 1 amide bonds. The van der Waals surface area contributed by atoms with E-state index in [1.165, 1.54) is 0 Å². The number of nitrogens with one attached hydrogen (secondary N) is 1. The van der Waals surface area contributed by atoms with Crippen LogP contribution in [0, 0.1) is 0 Å². The van der Waals surface area contributed by atoms with Crippen LogP contribution in [0.5, 0.6) is 0 Å². The molecule has 1 fully saturated rings. The summed E-state index contributed by atoms with van der Waals surface area (Å²) in [5.74, 6) is -0.0775. The molecule has 1 aliphatic heterocycles. The molecule has 0 bridgehead atoms. The molecule has 146 valence electrons. The summed E-state index contributed by atoms with van der Waals surface area (Å²) in [5.41, 5.74) is 2.47. The summed E-state index contributed by atoms with van der Waals surface area (Å²) >= 11 is 6.04. The zero-order chi connectivity index (χ0) is 19.3. The van der Waals surface area contributed by atoms with Gasteiger partial charge in [-0.25, -0.2) is 0 Å². The highest BCUT2D eigenvalue weighted by Crippen LogP contribution is 2.23. The second-order valence-corrected chi connectivity index (χ2v) is 7.26. The van der Waals surface area contributed by atoms with Crippen molar-refractivity contribution >= 4 is 28.5 Å². The maximum absolute atomic E-state index is 12.6. The largest absolute Gasteiger partial charge is 0.379 e. The van der Waals surface area contributed by atoms with Crippen molar-refractivity contribution < 1.29 is 14.1 Å². The number of carbonyl (C=O) groups excluding carboxylic acids is 1. The van der Waals surface area contributed by atoms with Crippen LogP contribution in [-0.4, -0.2) is 48.8 Å². The number of fused-ring (bicyclic) bond motifs is 1. The zero-order valence-electron chi connectivity index (χ0n) is 15.4. The number of morpholine rings is 1. The lowest BCUT2D eigenvalue weighted by molar-refractivity contribution is -0.120. The molecule has 0 saturated carbocycles. The third-order valence-electron chi connectivity index (χ3n) is 5.01. The number of rotatable bonds is 6. The Morgan fingerprint density at radius 3 is 2.68 bits per heavy atom. The van der Waals surface area contributed by atoms with E-state index < -0.39 is 0 Å². The van der Waals surface area contributed by atoms with Crippen LogP contribution in [0.25, 0.3) is 11.0 Å². The van der Waals surface area contributed by atoms with E-state index in [0.717, 1.165) is 24.0 Å². The summed E-state index contributed by atoms with van der Waals surface area (Å²) in [5, 5.41) is 8.68. The van der Waals surface area contributed by atoms with Crippen LogP contribution in [0.4, 0.5) is 0 Å². The van der Waals surface area contributed by atoms with Gasteiger partial charge in [-0.3, -0.25) is 9.69 Å². The van der Waals surface area contributed by atoms with Crippen molar-refractivity contribution in [1.29, 1.82) is 0 Å². The molecule has 4 rings (SSSR count). The number of para-hydroxylation sites is 1. The van der Waals surface area contributed by atoms with E-state index in [9.17, 15) is 4.79 Å². The molecule has 1 atom stereocenters. The Hall–Kier alpha value is -2.41. The maximum atomic E-state index is 12.6. The molecule has 0 radical (unpaired) electrons. The second kappa shape index (κ2) is 8.73. The van der Waals surface area contributed by atoms with Crippen LogP contribution in [-0.2, 0) is 16.0 Å². The minimum Gasteiger partial charge on any atom is -0.379 e. The Balaban J connectivity index is 1.44. The Morgan fingerprint density at radius 1 is 1.14 bits per heavy atom. The monoisotopic (exact) mass is 399 g/mol. The van der Waals surface area contributed by atoms with Crippen molar-refractivity contribution in [3.63, 3.8) is 0 Å². The zero-order valence-corrected chi connectivity index (χ0v) is 16.2. The predicted octanol–water partition coefficient (Wildman–Crippen LogP) is 3.21. The van der Waals surface area contributed by atoms with Gasteiger partial charge in [0.1, 0.15) is 5.69 Å². The first kappa shape index (κ1) is 18.9. The van der Waals surface area contributed by atoms with E-state index >= 15 is 0 Å². The van der Waals surface area contributed by atoms with Crippen LogP contribution in [0.2, 0.25) is 5.02 Å². The molecule has 3 aromatic rings. The maximum Gasteiger partial charge on any atom is 0.226 e. The van der Waals surface area contributed by atoms with Crippen molar-refractivity contribution in [3.05, 3.63) is 64.8 Å². The molecule has 0 spiro atoms. The van der Waals surface area contributed by atoms with Crippen LogP contribution in [0.15, 0.2) is 53.1 Å². The molecule has 7 heteroatoms. The Kier molecular flexibility index (Phi) is 5.90. The summed E-state index contributed by atoms with van der Waals surface area (Å²) in [4.78, 5) is 14.9. The van der Waals surface area contributed by atoms with Crippen LogP contribution < -0.4 is 5.32 Å². The van der Waals surface area contributed by atoms with E-state index in [2.05, 4.69) is 15.4 Å². The van der Waals surface area contributed by atoms with E-state index in [0.29, 0.717) is 36.1 Å². The number of amides is 1. The molecule has 2 heterocycles. The molecule has 0 aliphatic carbocycles. The summed E-state index contributed by atoms with van der Waals surface area (Å²) in [6.07, 6.45) is 0.188. The SMILES string of the molecule is O=C(Cc1noc2ccccc12)NCC(c1ccc(Cl)cc1)N1CCOCC1. The number of hydrogen-bond acceptors (Lipinski definition) is 5. The number of benzene rings is 2. The average Bonchev–Trinajstić information content (AvgIpc) is 3.13. The third-order valence-corrected chi connectivity index (χ3v) is 5.27. The summed E-state index contributed by atoms with van der Waals surface area (Å²) in [6.45, 7) is 3.57. The van der Waals surface area contributed by atoms with Crippen molar-refractivity contribution in [3.8, 4) is 0 Å². The first-order valence-electron chi connectivity index (χ1n) is 9.38. The number of hydrogen-bond donors (Lipinski definition) is 1. The molecule has 1 aromatic heterocycles. The van der Waals surface area contributed by atoms with Gasteiger partial charge >= 0.3 is 0 Å². The fourth-order valence-electron chi connectivity index (χ4n) is 3.52. The molecule has 2 aromatic carbocycles. The lowest BCUT2D eigenvalue weighted by Crippen LogP contribution is -2.44. The van der Waals surface area contributed by atoms with Crippen molar-refractivity contribution in [2.75, 3.05) is 32.8 Å². The molecule has 6 nitrogen and oxygen atoms in total. The Morgan fingerprint density at radius 2 is 1.89 bits per heavy atom. The van der Waals surface area contributed by atoms with E-state index in [-0.39, 0.29) is 18.4 Å². The highest BCUT2D eigenvalue weighted by molar-refractivity contribution is 6.30. The van der Waals surface area contributed by atoms with Crippen LogP contribution >= 0.6 is 11.6 Å². The second-order valence-electron chi connectivity index (χ2n) is 6.82. The van der Waals surface area contributed by atoms with Gasteiger partial charge in [-0.1, -0.05) is 41.0 Å². The van der Waals surface area contributed by atoms with Crippen molar-refractivity contribution in [2.45, 2.75) is 12.5 Å². The van der Waals surface area contributed by atoms with Gasteiger partial charge in [0, 0.05) is 30.0 Å². The number of carbonyl (C=O) groups is 1. The minimum atomic E-state index is -0.0775. The molecule has 1 saturated heterocycles. The Labute approximate surface area is 168 Å². The lowest BCUT2D eigenvalue weighted by atomic mass is 10.0. The molecule has 1 unspecified atom stereocenters. The van der Waals surface area contributed by atoms with Crippen LogP contribution in [0.3, 0.4) is 0 Å². The first-order chi connectivity index (χ1) is 13.7. The Bertz CT molecular complexity index is 935. The van der Waals surface area contributed by atoms with Gasteiger partial charge in [0.2, 0.25) is 5.91 Å². The van der Waals surface area contributed by atoms with E-state index in [4.69, 9.17) is 20.9 Å². The third kappa shape index (κ3) is 4.35. The van der Waals surface area contributed by atoms with Gasteiger partial charge in [-0.15, -0.1) is 0 Å². The van der Waals surface area contributed by atoms with Crippen molar-refractivity contribution in [2.24, 2.45) is 0 Å². The molecule has 1 N–H and O–H groups in total. The fraction of sp³-hybridized carbons (Fsp3) is 0.333. The number of nitrogens with zero attached hydrogens (tertiary/aromatic N) is 2. The minimum absolute atomic E-state index is 0.0687. The normalized spacial score (nSPS) is 16.2. The predicted molar refractivity (Wildman–Crippen MR) is 107 cm³/mol.